The van der Waals surface area contributed by atoms with Gasteiger partial charge in [0.1, 0.15) is 6.33 Å². The van der Waals surface area contributed by atoms with Crippen LogP contribution in [0.1, 0.15) is 6.42 Å². The third kappa shape index (κ3) is 3.06. The molecule has 0 aromatic carbocycles. The van der Waals surface area contributed by atoms with Crippen LogP contribution in [0.3, 0.4) is 0 Å². The maximum absolute atomic E-state index is 10.3. The highest BCUT2D eigenvalue weighted by Gasteiger charge is 2.03. The second kappa shape index (κ2) is 4.39. The molecule has 0 fully saturated rings. The zero-order valence-corrected chi connectivity index (χ0v) is 7.34. The molecule has 0 aliphatic heterocycles. The van der Waals surface area contributed by atoms with E-state index >= 15 is 0 Å². The first-order valence-electron chi connectivity index (χ1n) is 3.88. The first-order chi connectivity index (χ1) is 6.20. The van der Waals surface area contributed by atoms with E-state index in [0.29, 0.717) is 6.54 Å². The summed E-state index contributed by atoms with van der Waals surface area (Å²) in [4.78, 5) is 19.7. The van der Waals surface area contributed by atoms with Crippen LogP contribution in [0.25, 0.3) is 0 Å². The van der Waals surface area contributed by atoms with Gasteiger partial charge in [0.05, 0.1) is 24.5 Å². The van der Waals surface area contributed by atoms with Crippen LogP contribution in [0.15, 0.2) is 18.7 Å². The summed E-state index contributed by atoms with van der Waals surface area (Å²) in [6, 6.07) is 0. The van der Waals surface area contributed by atoms with Gasteiger partial charge in [0.25, 0.3) is 0 Å². The smallest absolute Gasteiger partial charge is 0.305 e. The lowest BCUT2D eigenvalue weighted by molar-refractivity contribution is -0.136. The molecular weight excluding hydrogens is 170 g/mol. The Morgan fingerprint density at radius 2 is 2.15 bits per heavy atom. The van der Waals surface area contributed by atoms with Crippen molar-refractivity contribution in [3.8, 4) is 0 Å². The van der Waals surface area contributed by atoms with E-state index in [1.807, 2.05) is 7.05 Å². The van der Waals surface area contributed by atoms with Gasteiger partial charge in [-0.3, -0.25) is 4.79 Å². The Morgan fingerprint density at radius 1 is 1.54 bits per heavy atom. The van der Waals surface area contributed by atoms with Crippen molar-refractivity contribution in [3.63, 3.8) is 0 Å². The zero-order valence-electron chi connectivity index (χ0n) is 7.34. The van der Waals surface area contributed by atoms with Gasteiger partial charge in [-0.05, 0) is 0 Å². The van der Waals surface area contributed by atoms with Gasteiger partial charge in [-0.25, -0.2) is 9.97 Å². The Bertz CT molecular complexity index is 276. The Morgan fingerprint density at radius 3 is 2.69 bits per heavy atom. The molecule has 0 radical (unpaired) electrons. The average molecular weight is 181 g/mol. The van der Waals surface area contributed by atoms with Crippen molar-refractivity contribution in [1.82, 2.24) is 9.97 Å². The molecule has 5 heteroatoms. The molecule has 1 rings (SSSR count). The molecule has 1 heterocycles. The highest BCUT2D eigenvalue weighted by molar-refractivity contribution is 5.67. The van der Waals surface area contributed by atoms with Gasteiger partial charge in [0.2, 0.25) is 0 Å². The Hall–Kier alpha value is -1.65. The summed E-state index contributed by atoms with van der Waals surface area (Å²) in [6.07, 6.45) is 4.85. The van der Waals surface area contributed by atoms with E-state index in [0.717, 1.165) is 5.69 Å². The Labute approximate surface area is 76.0 Å². The van der Waals surface area contributed by atoms with Crippen LogP contribution in [0, 0.1) is 0 Å². The molecule has 0 bridgehead atoms. The van der Waals surface area contributed by atoms with Crippen molar-refractivity contribution in [2.45, 2.75) is 6.42 Å². The van der Waals surface area contributed by atoms with Crippen molar-refractivity contribution < 1.29 is 9.90 Å². The van der Waals surface area contributed by atoms with Gasteiger partial charge in [0.15, 0.2) is 0 Å². The average Bonchev–Trinajstić information content (AvgIpc) is 2.15. The normalized spacial score (nSPS) is 9.62. The van der Waals surface area contributed by atoms with Crippen LogP contribution in [0.4, 0.5) is 5.69 Å². The van der Waals surface area contributed by atoms with Gasteiger partial charge in [-0.15, -0.1) is 0 Å². The maximum atomic E-state index is 10.3. The number of aromatic nitrogens is 2. The van der Waals surface area contributed by atoms with Crippen LogP contribution in [-0.2, 0) is 4.79 Å². The standard InChI is InChI=1S/C8H11N3O2/c1-11(3-2-8(12)13)7-4-9-6-10-5-7/h4-6H,2-3H2,1H3,(H,12,13). The number of carboxylic acids is 1. The summed E-state index contributed by atoms with van der Waals surface area (Å²) in [7, 11) is 1.81. The second-order valence-electron chi connectivity index (χ2n) is 2.66. The molecule has 0 unspecified atom stereocenters. The fraction of sp³-hybridized carbons (Fsp3) is 0.375. The Balaban J connectivity index is 2.49. The van der Waals surface area contributed by atoms with Gasteiger partial charge in [0, 0.05) is 13.6 Å². The first kappa shape index (κ1) is 9.44. The summed E-state index contributed by atoms with van der Waals surface area (Å²) >= 11 is 0. The molecule has 0 saturated carbocycles. The lowest BCUT2D eigenvalue weighted by Gasteiger charge is -2.16. The van der Waals surface area contributed by atoms with E-state index in [1.165, 1.54) is 6.33 Å². The first-order valence-corrected chi connectivity index (χ1v) is 3.88. The lowest BCUT2D eigenvalue weighted by atomic mass is 10.4. The highest BCUT2D eigenvalue weighted by Crippen LogP contribution is 2.07. The van der Waals surface area contributed by atoms with E-state index in [2.05, 4.69) is 9.97 Å². The molecule has 5 nitrogen and oxygen atoms in total. The number of hydrogen-bond acceptors (Lipinski definition) is 4. The summed E-state index contributed by atoms with van der Waals surface area (Å²) < 4.78 is 0. The van der Waals surface area contributed by atoms with Gasteiger partial charge in [-0.2, -0.15) is 0 Å². The number of carbonyl (C=O) groups is 1. The molecule has 13 heavy (non-hydrogen) atoms. The van der Waals surface area contributed by atoms with Crippen molar-refractivity contribution in [1.29, 1.82) is 0 Å². The second-order valence-corrected chi connectivity index (χ2v) is 2.66. The number of rotatable bonds is 4. The van der Waals surface area contributed by atoms with Gasteiger partial charge < -0.3 is 10.0 Å². The third-order valence-corrected chi connectivity index (χ3v) is 1.65. The van der Waals surface area contributed by atoms with Crippen LogP contribution in [0.5, 0.6) is 0 Å². The molecule has 1 aromatic rings. The topological polar surface area (TPSA) is 66.3 Å². The molecule has 0 aliphatic rings. The minimum atomic E-state index is -0.802. The minimum Gasteiger partial charge on any atom is -0.481 e. The van der Waals surface area contributed by atoms with Gasteiger partial charge in [-0.1, -0.05) is 0 Å². The molecule has 70 valence electrons. The quantitative estimate of drug-likeness (QED) is 0.727. The SMILES string of the molecule is CN(CCC(=O)O)c1cncnc1. The number of anilines is 1. The van der Waals surface area contributed by atoms with E-state index in [9.17, 15) is 4.79 Å². The Kier molecular flexibility index (Phi) is 3.19. The van der Waals surface area contributed by atoms with Crippen LogP contribution >= 0.6 is 0 Å². The lowest BCUT2D eigenvalue weighted by Crippen LogP contribution is -2.21. The summed E-state index contributed by atoms with van der Waals surface area (Å²) in [5, 5.41) is 8.45. The molecule has 1 aromatic heterocycles. The predicted octanol–water partition coefficient (Wildman–Crippen LogP) is 0.387. The fourth-order valence-electron chi connectivity index (χ4n) is 0.881. The van der Waals surface area contributed by atoms with Crippen LogP contribution in [-0.4, -0.2) is 34.6 Å². The van der Waals surface area contributed by atoms with E-state index < -0.39 is 5.97 Å². The predicted molar refractivity (Wildman–Crippen MR) is 47.6 cm³/mol. The summed E-state index contributed by atoms with van der Waals surface area (Å²) in [5.74, 6) is -0.802. The number of carboxylic acid groups (broad SMARTS) is 1. The van der Waals surface area contributed by atoms with Crippen LogP contribution in [0.2, 0.25) is 0 Å². The summed E-state index contributed by atoms with van der Waals surface area (Å²) in [6.45, 7) is 0.461. The maximum Gasteiger partial charge on any atom is 0.305 e. The number of aliphatic carboxylic acids is 1. The largest absolute Gasteiger partial charge is 0.481 e. The van der Waals surface area contributed by atoms with E-state index in [4.69, 9.17) is 5.11 Å². The molecule has 0 spiro atoms. The van der Waals surface area contributed by atoms with Crippen LogP contribution < -0.4 is 4.90 Å². The highest BCUT2D eigenvalue weighted by atomic mass is 16.4. The minimum absolute atomic E-state index is 0.116. The molecule has 0 atom stereocenters. The van der Waals surface area contributed by atoms with E-state index in [1.54, 1.807) is 17.3 Å². The monoisotopic (exact) mass is 181 g/mol. The molecular formula is C8H11N3O2. The van der Waals surface area contributed by atoms with Crippen molar-refractivity contribution in [2.75, 3.05) is 18.5 Å². The summed E-state index contributed by atoms with van der Waals surface area (Å²) in [5.41, 5.74) is 0.823. The number of hydrogen-bond donors (Lipinski definition) is 1. The molecule has 0 aliphatic carbocycles. The molecule has 1 N–H and O–H groups in total. The zero-order chi connectivity index (χ0) is 9.68. The molecule has 0 amide bonds. The van der Waals surface area contributed by atoms with Crippen molar-refractivity contribution >= 4 is 11.7 Å². The van der Waals surface area contributed by atoms with Gasteiger partial charge >= 0.3 is 5.97 Å². The molecule has 0 saturated heterocycles. The van der Waals surface area contributed by atoms with Crippen molar-refractivity contribution in [3.05, 3.63) is 18.7 Å². The van der Waals surface area contributed by atoms with E-state index in [-0.39, 0.29) is 6.42 Å². The third-order valence-electron chi connectivity index (χ3n) is 1.65. The number of nitrogens with zero attached hydrogens (tertiary/aromatic N) is 3. The van der Waals surface area contributed by atoms with Crippen molar-refractivity contribution in [2.24, 2.45) is 0 Å². The fourth-order valence-corrected chi connectivity index (χ4v) is 0.881.